The summed E-state index contributed by atoms with van der Waals surface area (Å²) in [6.07, 6.45) is 10.5. The number of carbonyl (C=O) groups is 2. The molecular weight excluding hydrogens is 316 g/mol. The van der Waals surface area contributed by atoms with Crippen molar-refractivity contribution >= 4 is 11.9 Å². The SMILES string of the molecule is O=C(O)CC1CCN(C(=O)C2CCCCC2)CC1CCN1CCCC1. The van der Waals surface area contributed by atoms with E-state index in [1.807, 2.05) is 0 Å². The normalized spacial score (nSPS) is 29.0. The molecule has 3 aliphatic rings. The largest absolute Gasteiger partial charge is 0.481 e. The van der Waals surface area contributed by atoms with Crippen LogP contribution in [-0.2, 0) is 9.59 Å². The van der Waals surface area contributed by atoms with Crippen LogP contribution in [0, 0.1) is 17.8 Å². The number of hydrogen-bond acceptors (Lipinski definition) is 3. The second-order valence-corrected chi connectivity index (χ2v) is 8.36. The first kappa shape index (κ1) is 18.7. The molecule has 0 bridgehead atoms. The fourth-order valence-corrected chi connectivity index (χ4v) is 5.06. The first-order valence-corrected chi connectivity index (χ1v) is 10.4. The van der Waals surface area contributed by atoms with Crippen molar-refractivity contribution in [3.05, 3.63) is 0 Å². The molecule has 0 radical (unpaired) electrons. The predicted molar refractivity (Wildman–Crippen MR) is 97.3 cm³/mol. The van der Waals surface area contributed by atoms with Gasteiger partial charge in [-0.25, -0.2) is 0 Å². The van der Waals surface area contributed by atoms with Gasteiger partial charge in [-0.1, -0.05) is 19.3 Å². The Morgan fingerprint density at radius 2 is 1.60 bits per heavy atom. The summed E-state index contributed by atoms with van der Waals surface area (Å²) in [5.41, 5.74) is 0. The van der Waals surface area contributed by atoms with E-state index in [4.69, 9.17) is 0 Å². The molecule has 0 aromatic heterocycles. The zero-order valence-corrected chi connectivity index (χ0v) is 15.5. The number of amides is 1. The van der Waals surface area contributed by atoms with Gasteiger partial charge in [0.15, 0.2) is 0 Å². The van der Waals surface area contributed by atoms with Gasteiger partial charge in [-0.05, 0) is 70.0 Å². The van der Waals surface area contributed by atoms with Crippen LogP contribution in [0.4, 0.5) is 0 Å². The number of likely N-dealkylation sites (tertiary alicyclic amines) is 2. The molecule has 1 aliphatic carbocycles. The molecular formula is C20H34N2O3. The van der Waals surface area contributed by atoms with Crippen LogP contribution >= 0.6 is 0 Å². The maximum Gasteiger partial charge on any atom is 0.303 e. The lowest BCUT2D eigenvalue weighted by Gasteiger charge is -2.40. The van der Waals surface area contributed by atoms with Crippen LogP contribution in [0.2, 0.25) is 0 Å². The quantitative estimate of drug-likeness (QED) is 0.800. The molecule has 2 heterocycles. The monoisotopic (exact) mass is 350 g/mol. The second-order valence-electron chi connectivity index (χ2n) is 8.36. The van der Waals surface area contributed by atoms with E-state index in [9.17, 15) is 14.7 Å². The third-order valence-corrected chi connectivity index (χ3v) is 6.61. The third-order valence-electron chi connectivity index (χ3n) is 6.61. The topological polar surface area (TPSA) is 60.9 Å². The fraction of sp³-hybridized carbons (Fsp3) is 0.900. The van der Waals surface area contributed by atoms with E-state index in [2.05, 4.69) is 9.80 Å². The maximum atomic E-state index is 12.9. The van der Waals surface area contributed by atoms with Gasteiger partial charge in [0.25, 0.3) is 0 Å². The highest BCUT2D eigenvalue weighted by atomic mass is 16.4. The summed E-state index contributed by atoms with van der Waals surface area (Å²) in [7, 11) is 0. The number of piperidine rings is 1. The Kier molecular flexibility index (Phi) is 6.74. The van der Waals surface area contributed by atoms with Crippen molar-refractivity contribution in [2.24, 2.45) is 17.8 Å². The Balaban J connectivity index is 1.57. The van der Waals surface area contributed by atoms with Crippen molar-refractivity contribution in [3.8, 4) is 0 Å². The molecule has 5 heteroatoms. The predicted octanol–water partition coefficient (Wildman–Crippen LogP) is 2.99. The molecule has 1 saturated carbocycles. The molecule has 2 saturated heterocycles. The van der Waals surface area contributed by atoms with E-state index in [1.165, 1.54) is 45.2 Å². The lowest BCUT2D eigenvalue weighted by molar-refractivity contribution is -0.141. The van der Waals surface area contributed by atoms with Crippen LogP contribution in [0.3, 0.4) is 0 Å². The zero-order chi connectivity index (χ0) is 17.6. The number of carbonyl (C=O) groups excluding carboxylic acids is 1. The number of aliphatic carboxylic acids is 1. The lowest BCUT2D eigenvalue weighted by Crippen LogP contribution is -2.47. The average Bonchev–Trinajstić information content (AvgIpc) is 3.14. The number of carboxylic acids is 1. The Labute approximate surface area is 151 Å². The fourth-order valence-electron chi connectivity index (χ4n) is 5.06. The first-order valence-electron chi connectivity index (χ1n) is 10.4. The van der Waals surface area contributed by atoms with Crippen LogP contribution in [0.15, 0.2) is 0 Å². The Morgan fingerprint density at radius 1 is 0.880 bits per heavy atom. The summed E-state index contributed by atoms with van der Waals surface area (Å²) >= 11 is 0. The minimum Gasteiger partial charge on any atom is -0.481 e. The summed E-state index contributed by atoms with van der Waals surface area (Å²) in [5, 5.41) is 9.25. The van der Waals surface area contributed by atoms with Crippen molar-refractivity contribution in [1.82, 2.24) is 9.80 Å². The van der Waals surface area contributed by atoms with Gasteiger partial charge in [-0.2, -0.15) is 0 Å². The standard InChI is InChI=1S/C20H34N2O3/c23-19(24)14-17-9-13-22(20(25)16-6-2-1-3-7-16)15-18(17)8-12-21-10-4-5-11-21/h16-18H,1-15H2,(H,23,24). The van der Waals surface area contributed by atoms with Gasteiger partial charge in [0.1, 0.15) is 0 Å². The van der Waals surface area contributed by atoms with E-state index in [0.717, 1.165) is 45.3 Å². The minimum absolute atomic E-state index is 0.226. The molecule has 0 aromatic carbocycles. The van der Waals surface area contributed by atoms with Crippen molar-refractivity contribution < 1.29 is 14.7 Å². The van der Waals surface area contributed by atoms with Gasteiger partial charge in [-0.15, -0.1) is 0 Å². The highest BCUT2D eigenvalue weighted by Crippen LogP contribution is 2.32. The Hall–Kier alpha value is -1.10. The summed E-state index contributed by atoms with van der Waals surface area (Å²) in [5.74, 6) is 0.459. The third kappa shape index (κ3) is 5.19. The molecule has 5 nitrogen and oxygen atoms in total. The van der Waals surface area contributed by atoms with Crippen molar-refractivity contribution in [2.75, 3.05) is 32.7 Å². The molecule has 25 heavy (non-hydrogen) atoms. The number of rotatable bonds is 6. The average molecular weight is 351 g/mol. The molecule has 3 fully saturated rings. The Morgan fingerprint density at radius 3 is 2.28 bits per heavy atom. The van der Waals surface area contributed by atoms with Crippen molar-refractivity contribution in [2.45, 2.75) is 64.2 Å². The van der Waals surface area contributed by atoms with Crippen LogP contribution < -0.4 is 0 Å². The van der Waals surface area contributed by atoms with Crippen molar-refractivity contribution in [1.29, 1.82) is 0 Å². The smallest absolute Gasteiger partial charge is 0.303 e. The first-order chi connectivity index (χ1) is 12.1. The molecule has 0 spiro atoms. The highest BCUT2D eigenvalue weighted by Gasteiger charge is 2.35. The summed E-state index contributed by atoms with van der Waals surface area (Å²) in [6, 6.07) is 0. The maximum absolute atomic E-state index is 12.9. The van der Waals surface area contributed by atoms with Gasteiger partial charge in [-0.3, -0.25) is 9.59 Å². The van der Waals surface area contributed by atoms with E-state index >= 15 is 0 Å². The molecule has 1 N–H and O–H groups in total. The van der Waals surface area contributed by atoms with Crippen LogP contribution in [0.1, 0.15) is 64.2 Å². The van der Waals surface area contributed by atoms with Gasteiger partial charge >= 0.3 is 5.97 Å². The van der Waals surface area contributed by atoms with Crippen LogP contribution in [0.25, 0.3) is 0 Å². The van der Waals surface area contributed by atoms with Crippen molar-refractivity contribution in [3.63, 3.8) is 0 Å². The summed E-state index contributed by atoms with van der Waals surface area (Å²) < 4.78 is 0. The number of hydrogen-bond donors (Lipinski definition) is 1. The summed E-state index contributed by atoms with van der Waals surface area (Å²) in [6.45, 7) is 4.96. The molecule has 2 aliphatic heterocycles. The van der Waals surface area contributed by atoms with E-state index in [-0.39, 0.29) is 18.3 Å². The van der Waals surface area contributed by atoms with Gasteiger partial charge in [0.2, 0.25) is 5.91 Å². The van der Waals surface area contributed by atoms with Gasteiger partial charge < -0.3 is 14.9 Å². The highest BCUT2D eigenvalue weighted by molar-refractivity contribution is 5.79. The number of nitrogens with zero attached hydrogens (tertiary/aromatic N) is 2. The molecule has 1 amide bonds. The van der Waals surface area contributed by atoms with Crippen LogP contribution in [0.5, 0.6) is 0 Å². The van der Waals surface area contributed by atoms with Gasteiger partial charge in [0, 0.05) is 25.4 Å². The minimum atomic E-state index is -0.691. The lowest BCUT2D eigenvalue weighted by atomic mass is 9.80. The van der Waals surface area contributed by atoms with E-state index in [1.54, 1.807) is 0 Å². The summed E-state index contributed by atoms with van der Waals surface area (Å²) in [4.78, 5) is 28.7. The molecule has 2 atom stereocenters. The second kappa shape index (κ2) is 9.02. The molecule has 2 unspecified atom stereocenters. The molecule has 3 rings (SSSR count). The zero-order valence-electron chi connectivity index (χ0n) is 15.5. The van der Waals surface area contributed by atoms with Gasteiger partial charge in [0.05, 0.1) is 0 Å². The molecule has 142 valence electrons. The number of carboxylic acid groups (broad SMARTS) is 1. The Bertz CT molecular complexity index is 456. The van der Waals surface area contributed by atoms with Crippen LogP contribution in [-0.4, -0.2) is 59.5 Å². The van der Waals surface area contributed by atoms with E-state index < -0.39 is 5.97 Å². The molecule has 0 aromatic rings. The van der Waals surface area contributed by atoms with E-state index in [0.29, 0.717) is 11.8 Å².